The Morgan fingerprint density at radius 2 is 1.79 bits per heavy atom. The van der Waals surface area contributed by atoms with Crippen LogP contribution in [0.5, 0.6) is 0 Å². The average Bonchev–Trinajstić information content (AvgIpc) is 2.94. The topological polar surface area (TPSA) is 12.4 Å². The normalized spacial score (nSPS) is 17.2. The number of hydrogen-bond acceptors (Lipinski definition) is 1. The number of nitrogens with zero attached hydrogens (tertiary/aromatic N) is 1. The molecule has 2 bridgehead atoms. The molecule has 1 nitrogen and oxygen atoms in total. The van der Waals surface area contributed by atoms with Crippen molar-refractivity contribution in [1.82, 2.24) is 0 Å². The number of aryl methyl sites for hydroxylation is 1. The van der Waals surface area contributed by atoms with Gasteiger partial charge in [0.2, 0.25) is 0 Å². The van der Waals surface area contributed by atoms with E-state index in [9.17, 15) is 4.39 Å². The summed E-state index contributed by atoms with van der Waals surface area (Å²) in [6.07, 6.45) is 12.9. The van der Waals surface area contributed by atoms with E-state index in [4.69, 9.17) is 0 Å². The van der Waals surface area contributed by atoms with Crippen molar-refractivity contribution in [2.75, 3.05) is 0 Å². The molecule has 1 unspecified atom stereocenters. The second-order valence-electron chi connectivity index (χ2n) is 5.19. The third-order valence-electron chi connectivity index (χ3n) is 3.39. The Morgan fingerprint density at radius 1 is 1.08 bits per heavy atom. The third kappa shape index (κ3) is 8.61. The molecule has 0 saturated heterocycles. The van der Waals surface area contributed by atoms with Gasteiger partial charge in [-0.05, 0) is 55.9 Å². The van der Waals surface area contributed by atoms with Gasteiger partial charge in [0.15, 0.2) is 0 Å². The molecule has 24 heavy (non-hydrogen) atoms. The van der Waals surface area contributed by atoms with Crippen LogP contribution in [0.4, 0.5) is 4.39 Å². The van der Waals surface area contributed by atoms with Gasteiger partial charge in [0.1, 0.15) is 5.82 Å². The largest absolute Gasteiger partial charge is 0.261 e. The number of benzene rings is 1. The molecule has 132 valence electrons. The van der Waals surface area contributed by atoms with Crippen LogP contribution in [0.1, 0.15) is 53.0 Å². The monoisotopic (exact) mass is 329 g/mol. The fraction of sp³-hybridized carbons (Fsp3) is 0.409. The van der Waals surface area contributed by atoms with Crippen molar-refractivity contribution in [2.24, 2.45) is 10.9 Å². The summed E-state index contributed by atoms with van der Waals surface area (Å²) in [6, 6.07) is 6.50. The molecular formula is C22H32FN. The van der Waals surface area contributed by atoms with E-state index >= 15 is 0 Å². The van der Waals surface area contributed by atoms with E-state index in [1.165, 1.54) is 23.4 Å². The van der Waals surface area contributed by atoms with Gasteiger partial charge in [-0.1, -0.05) is 64.1 Å². The van der Waals surface area contributed by atoms with Crippen molar-refractivity contribution in [1.29, 1.82) is 0 Å². The highest BCUT2D eigenvalue weighted by atomic mass is 19.1. The lowest BCUT2D eigenvalue weighted by Crippen LogP contribution is -2.03. The maximum atomic E-state index is 12.2. The summed E-state index contributed by atoms with van der Waals surface area (Å²) < 4.78 is 12.2. The van der Waals surface area contributed by atoms with Gasteiger partial charge in [0.25, 0.3) is 0 Å². The molecule has 0 aromatic heterocycles. The number of halogens is 1. The fourth-order valence-electron chi connectivity index (χ4n) is 2.23. The molecule has 2 aliphatic rings. The van der Waals surface area contributed by atoms with E-state index < -0.39 is 0 Å². The molecular weight excluding hydrogens is 297 g/mol. The summed E-state index contributed by atoms with van der Waals surface area (Å²) in [5.41, 5.74) is 3.52. The Balaban J connectivity index is 0.000000385. The minimum atomic E-state index is -0.162. The van der Waals surface area contributed by atoms with Crippen molar-refractivity contribution in [3.63, 3.8) is 0 Å². The Morgan fingerprint density at radius 3 is 2.38 bits per heavy atom. The zero-order valence-electron chi connectivity index (χ0n) is 16.0. The van der Waals surface area contributed by atoms with E-state index in [0.29, 0.717) is 5.92 Å². The molecule has 1 aliphatic carbocycles. The summed E-state index contributed by atoms with van der Waals surface area (Å²) in [6.45, 7) is 12.0. The molecule has 1 aromatic rings. The standard InChI is InChI=1S/C11H13N.C7H7F.2C2H6/c1-9-4-2-5-10-6-3-7-12-11(9)8-10;1-6-3-2-4-7(8)5-6;2*1-2/h2-5,7,10H,6,8H2,1H3;2-5H,1H3;2*1-2H3. The van der Waals surface area contributed by atoms with Crippen LogP contribution in [-0.2, 0) is 0 Å². The molecule has 1 aliphatic heterocycles. The first-order valence-electron chi connectivity index (χ1n) is 8.94. The molecule has 3 rings (SSSR count). The minimum absolute atomic E-state index is 0.162. The van der Waals surface area contributed by atoms with Gasteiger partial charge in [0, 0.05) is 11.9 Å². The van der Waals surface area contributed by atoms with Gasteiger partial charge < -0.3 is 0 Å². The SMILES string of the molecule is CC.CC.CC1=CC=CC2CC=CN=C1C2.Cc1cccc(F)c1. The second-order valence-corrected chi connectivity index (χ2v) is 5.19. The van der Waals surface area contributed by atoms with E-state index in [0.717, 1.165) is 18.4 Å². The summed E-state index contributed by atoms with van der Waals surface area (Å²) in [5, 5.41) is 0. The van der Waals surface area contributed by atoms with E-state index in [1.54, 1.807) is 6.07 Å². The highest BCUT2D eigenvalue weighted by Gasteiger charge is 2.13. The lowest BCUT2D eigenvalue weighted by atomic mass is 9.98. The third-order valence-corrected chi connectivity index (χ3v) is 3.39. The molecule has 0 fully saturated rings. The van der Waals surface area contributed by atoms with E-state index in [1.807, 2.05) is 46.9 Å². The summed E-state index contributed by atoms with van der Waals surface area (Å²) in [7, 11) is 0. The molecule has 0 spiro atoms. The van der Waals surface area contributed by atoms with Crippen LogP contribution >= 0.6 is 0 Å². The van der Waals surface area contributed by atoms with E-state index in [-0.39, 0.29) is 5.82 Å². The van der Waals surface area contributed by atoms with Gasteiger partial charge in [-0.2, -0.15) is 0 Å². The predicted octanol–water partition coefficient (Wildman–Crippen LogP) is 7.05. The zero-order chi connectivity index (χ0) is 18.4. The van der Waals surface area contributed by atoms with Gasteiger partial charge in [0.05, 0.1) is 0 Å². The Bertz CT molecular complexity index is 562. The molecule has 1 atom stereocenters. The number of rotatable bonds is 0. The maximum Gasteiger partial charge on any atom is 0.123 e. The Kier molecular flexibility index (Phi) is 12.4. The van der Waals surface area contributed by atoms with Gasteiger partial charge in [-0.25, -0.2) is 4.39 Å². The minimum Gasteiger partial charge on any atom is -0.261 e. The smallest absolute Gasteiger partial charge is 0.123 e. The zero-order valence-corrected chi connectivity index (χ0v) is 16.0. The lowest BCUT2D eigenvalue weighted by Gasteiger charge is -2.07. The molecule has 1 heterocycles. The van der Waals surface area contributed by atoms with Crippen molar-refractivity contribution in [3.8, 4) is 0 Å². The Labute approximate surface area is 147 Å². The molecule has 0 N–H and O–H groups in total. The molecule has 0 radical (unpaired) electrons. The van der Waals surface area contributed by atoms with E-state index in [2.05, 4.69) is 36.2 Å². The van der Waals surface area contributed by atoms with Crippen LogP contribution in [0.3, 0.4) is 0 Å². The first-order valence-corrected chi connectivity index (χ1v) is 8.94. The maximum absolute atomic E-state index is 12.2. The first-order chi connectivity index (χ1) is 11.6. The quantitative estimate of drug-likeness (QED) is 0.483. The summed E-state index contributed by atoms with van der Waals surface area (Å²) in [5.74, 6) is 0.501. The van der Waals surface area contributed by atoms with Crippen molar-refractivity contribution >= 4 is 5.71 Å². The molecule has 2 heteroatoms. The molecule has 0 amide bonds. The van der Waals surface area contributed by atoms with Crippen molar-refractivity contribution in [3.05, 3.63) is 71.7 Å². The van der Waals surface area contributed by atoms with Gasteiger partial charge >= 0.3 is 0 Å². The van der Waals surface area contributed by atoms with Crippen molar-refractivity contribution < 1.29 is 4.39 Å². The van der Waals surface area contributed by atoms with Crippen molar-refractivity contribution in [2.45, 2.75) is 54.4 Å². The van der Waals surface area contributed by atoms with Crippen LogP contribution in [0.15, 0.2) is 65.3 Å². The van der Waals surface area contributed by atoms with Gasteiger partial charge in [-0.3, -0.25) is 4.99 Å². The fourth-order valence-corrected chi connectivity index (χ4v) is 2.23. The number of hydrogen-bond donors (Lipinski definition) is 0. The lowest BCUT2D eigenvalue weighted by molar-refractivity contribution is 0.626. The molecule has 0 saturated carbocycles. The van der Waals surface area contributed by atoms with Crippen LogP contribution in [0.25, 0.3) is 0 Å². The number of fused-ring (bicyclic) bond motifs is 2. The number of aliphatic imine (C=N–C) groups is 1. The predicted molar refractivity (Wildman–Crippen MR) is 106 cm³/mol. The van der Waals surface area contributed by atoms with Crippen LogP contribution in [0, 0.1) is 18.7 Å². The number of allylic oxidation sites excluding steroid dienone is 5. The highest BCUT2D eigenvalue weighted by Crippen LogP contribution is 2.21. The second kappa shape index (κ2) is 13.5. The van der Waals surface area contributed by atoms with Crippen LogP contribution in [-0.4, -0.2) is 5.71 Å². The summed E-state index contributed by atoms with van der Waals surface area (Å²) >= 11 is 0. The first kappa shape index (κ1) is 22.0. The van der Waals surface area contributed by atoms with Crippen LogP contribution < -0.4 is 0 Å². The highest BCUT2D eigenvalue weighted by molar-refractivity contribution is 6.01. The Hall–Kier alpha value is -1.96. The average molecular weight is 330 g/mol. The van der Waals surface area contributed by atoms with Crippen LogP contribution in [0.2, 0.25) is 0 Å². The summed E-state index contributed by atoms with van der Waals surface area (Å²) in [4.78, 5) is 4.41. The molecule has 1 aromatic carbocycles. The van der Waals surface area contributed by atoms with Gasteiger partial charge in [-0.15, -0.1) is 0 Å².